The lowest BCUT2D eigenvalue weighted by Gasteiger charge is -2.06. The summed E-state index contributed by atoms with van der Waals surface area (Å²) in [6, 6.07) is 7.95. The molecule has 4 nitrogen and oxygen atoms in total. The van der Waals surface area contributed by atoms with E-state index in [1.54, 1.807) is 24.4 Å². The molecule has 6 heteroatoms. The van der Waals surface area contributed by atoms with E-state index in [0.29, 0.717) is 0 Å². The fourth-order valence-electron chi connectivity index (χ4n) is 1.20. The summed E-state index contributed by atoms with van der Waals surface area (Å²) in [6.45, 7) is -2.80. The molecule has 0 saturated carbocycles. The van der Waals surface area contributed by atoms with E-state index in [1.165, 1.54) is 12.1 Å². The second-order valence-corrected chi connectivity index (χ2v) is 3.00. The molecular formula is C10H9F2N3O. The van der Waals surface area contributed by atoms with Gasteiger partial charge in [-0.2, -0.15) is 13.9 Å². The molecule has 1 aromatic carbocycles. The predicted molar refractivity (Wildman–Crippen MR) is 54.9 cm³/mol. The largest absolute Gasteiger partial charge is 0.435 e. The van der Waals surface area contributed by atoms with Crippen LogP contribution in [0.1, 0.15) is 0 Å². The molecule has 84 valence electrons. The summed E-state index contributed by atoms with van der Waals surface area (Å²) in [4.78, 5) is 0. The quantitative estimate of drug-likeness (QED) is 0.841. The van der Waals surface area contributed by atoms with Gasteiger partial charge in [-0.3, -0.25) is 5.10 Å². The molecule has 1 aromatic heterocycles. The molecule has 2 N–H and O–H groups in total. The van der Waals surface area contributed by atoms with Crippen LogP contribution in [-0.2, 0) is 0 Å². The monoisotopic (exact) mass is 225 g/mol. The number of hydrogen-bond donors (Lipinski definition) is 2. The Bertz CT molecular complexity index is 428. The van der Waals surface area contributed by atoms with E-state index in [2.05, 4.69) is 20.3 Å². The van der Waals surface area contributed by atoms with Crippen molar-refractivity contribution >= 4 is 11.5 Å². The maximum atomic E-state index is 11.9. The Morgan fingerprint density at radius 3 is 2.50 bits per heavy atom. The lowest BCUT2D eigenvalue weighted by atomic mass is 10.3. The standard InChI is InChI=1S/C10H9F2N3O/c11-10(12)16-8-3-1-7(2-4-8)14-9-5-6-13-15-9/h1-6,10H,(H2,13,14,15). The van der Waals surface area contributed by atoms with Crippen LogP contribution in [0.5, 0.6) is 5.75 Å². The third-order valence-corrected chi connectivity index (χ3v) is 1.86. The number of nitrogens with zero attached hydrogens (tertiary/aromatic N) is 1. The molecule has 0 spiro atoms. The predicted octanol–water partition coefficient (Wildman–Crippen LogP) is 2.75. The normalized spacial score (nSPS) is 10.4. The van der Waals surface area contributed by atoms with E-state index in [4.69, 9.17) is 0 Å². The van der Waals surface area contributed by atoms with Crippen molar-refractivity contribution in [3.63, 3.8) is 0 Å². The Hall–Kier alpha value is -2.11. The summed E-state index contributed by atoms with van der Waals surface area (Å²) < 4.78 is 28.0. The van der Waals surface area contributed by atoms with Crippen molar-refractivity contribution in [2.24, 2.45) is 0 Å². The topological polar surface area (TPSA) is 49.9 Å². The first-order valence-electron chi connectivity index (χ1n) is 4.55. The molecule has 2 rings (SSSR count). The van der Waals surface area contributed by atoms with Gasteiger partial charge in [0.2, 0.25) is 0 Å². The molecule has 0 fully saturated rings. The number of aromatic amines is 1. The first kappa shape index (κ1) is 10.4. The van der Waals surface area contributed by atoms with E-state index >= 15 is 0 Å². The molecule has 0 aliphatic rings. The van der Waals surface area contributed by atoms with Crippen LogP contribution in [0.15, 0.2) is 36.5 Å². The second-order valence-electron chi connectivity index (χ2n) is 3.00. The van der Waals surface area contributed by atoms with E-state index in [-0.39, 0.29) is 5.75 Å². The minimum absolute atomic E-state index is 0.130. The molecule has 1 heterocycles. The van der Waals surface area contributed by atoms with Crippen molar-refractivity contribution in [3.8, 4) is 5.75 Å². The van der Waals surface area contributed by atoms with Gasteiger partial charge in [0.25, 0.3) is 0 Å². The number of halogens is 2. The molecule has 0 unspecified atom stereocenters. The van der Waals surface area contributed by atoms with Gasteiger partial charge >= 0.3 is 6.61 Å². The molecule has 0 atom stereocenters. The zero-order chi connectivity index (χ0) is 11.4. The van der Waals surface area contributed by atoms with Gasteiger partial charge in [-0.25, -0.2) is 0 Å². The van der Waals surface area contributed by atoms with Crippen LogP contribution < -0.4 is 10.1 Å². The Balaban J connectivity index is 2.02. The molecule has 0 saturated heterocycles. The van der Waals surface area contributed by atoms with Gasteiger partial charge in [0.15, 0.2) is 0 Å². The molecule has 0 aliphatic heterocycles. The Kier molecular flexibility index (Phi) is 3.00. The zero-order valence-corrected chi connectivity index (χ0v) is 8.15. The second kappa shape index (κ2) is 4.61. The van der Waals surface area contributed by atoms with E-state index in [9.17, 15) is 8.78 Å². The summed E-state index contributed by atoms with van der Waals surface area (Å²) in [5.74, 6) is 0.854. The third-order valence-electron chi connectivity index (χ3n) is 1.86. The van der Waals surface area contributed by atoms with Crippen molar-refractivity contribution < 1.29 is 13.5 Å². The van der Waals surface area contributed by atoms with Crippen molar-refractivity contribution in [3.05, 3.63) is 36.5 Å². The van der Waals surface area contributed by atoms with Crippen molar-refractivity contribution in [1.29, 1.82) is 0 Å². The average Bonchev–Trinajstić information content (AvgIpc) is 2.73. The highest BCUT2D eigenvalue weighted by atomic mass is 19.3. The number of rotatable bonds is 4. The number of anilines is 2. The number of ether oxygens (including phenoxy) is 1. The molecule has 0 amide bonds. The van der Waals surface area contributed by atoms with Crippen LogP contribution >= 0.6 is 0 Å². The molecule has 16 heavy (non-hydrogen) atoms. The molecule has 2 aromatic rings. The van der Waals surface area contributed by atoms with Gasteiger partial charge in [-0.05, 0) is 24.3 Å². The number of hydrogen-bond acceptors (Lipinski definition) is 3. The van der Waals surface area contributed by atoms with Crippen molar-refractivity contribution in [2.45, 2.75) is 6.61 Å². The van der Waals surface area contributed by atoms with Crippen molar-refractivity contribution in [1.82, 2.24) is 10.2 Å². The van der Waals surface area contributed by atoms with Crippen LogP contribution in [0, 0.1) is 0 Å². The lowest BCUT2D eigenvalue weighted by Crippen LogP contribution is -2.01. The maximum absolute atomic E-state index is 11.9. The van der Waals surface area contributed by atoms with E-state index in [1.807, 2.05) is 0 Å². The van der Waals surface area contributed by atoms with E-state index in [0.717, 1.165) is 11.5 Å². The molecule has 0 aliphatic carbocycles. The van der Waals surface area contributed by atoms with Gasteiger partial charge in [-0.1, -0.05) is 0 Å². The first-order chi connectivity index (χ1) is 7.74. The minimum Gasteiger partial charge on any atom is -0.435 e. The summed E-state index contributed by atoms with van der Waals surface area (Å²) in [5, 5.41) is 9.49. The number of benzene rings is 1. The summed E-state index contributed by atoms with van der Waals surface area (Å²) >= 11 is 0. The van der Waals surface area contributed by atoms with Crippen LogP contribution in [0.25, 0.3) is 0 Å². The highest BCUT2D eigenvalue weighted by Crippen LogP contribution is 2.19. The summed E-state index contributed by atoms with van der Waals surface area (Å²) in [7, 11) is 0. The smallest absolute Gasteiger partial charge is 0.387 e. The van der Waals surface area contributed by atoms with E-state index < -0.39 is 6.61 Å². The minimum atomic E-state index is -2.80. The number of nitrogens with one attached hydrogen (secondary N) is 2. The number of H-pyrrole nitrogens is 1. The van der Waals surface area contributed by atoms with Gasteiger partial charge in [-0.15, -0.1) is 0 Å². The van der Waals surface area contributed by atoms with Gasteiger partial charge in [0.05, 0.1) is 6.20 Å². The third kappa shape index (κ3) is 2.69. The van der Waals surface area contributed by atoms with Gasteiger partial charge in [0, 0.05) is 11.8 Å². The lowest BCUT2D eigenvalue weighted by molar-refractivity contribution is -0.0498. The fraction of sp³-hybridized carbons (Fsp3) is 0.100. The Morgan fingerprint density at radius 2 is 1.94 bits per heavy atom. The Labute approximate surface area is 90.2 Å². The fourth-order valence-corrected chi connectivity index (χ4v) is 1.20. The molecular weight excluding hydrogens is 216 g/mol. The first-order valence-corrected chi connectivity index (χ1v) is 4.55. The zero-order valence-electron chi connectivity index (χ0n) is 8.15. The summed E-state index contributed by atoms with van der Waals surface area (Å²) in [5.41, 5.74) is 0.755. The Morgan fingerprint density at radius 1 is 1.19 bits per heavy atom. The average molecular weight is 225 g/mol. The SMILES string of the molecule is FC(F)Oc1ccc(Nc2ccn[nH]2)cc1. The molecule has 0 radical (unpaired) electrons. The van der Waals surface area contributed by atoms with Crippen LogP contribution in [0.2, 0.25) is 0 Å². The number of alkyl halides is 2. The maximum Gasteiger partial charge on any atom is 0.387 e. The van der Waals surface area contributed by atoms with Crippen molar-refractivity contribution in [2.75, 3.05) is 5.32 Å². The summed E-state index contributed by atoms with van der Waals surface area (Å²) in [6.07, 6.45) is 1.61. The highest BCUT2D eigenvalue weighted by Gasteiger charge is 2.03. The number of aromatic nitrogens is 2. The van der Waals surface area contributed by atoms with Gasteiger partial charge in [0.1, 0.15) is 11.6 Å². The van der Waals surface area contributed by atoms with Crippen LogP contribution in [0.3, 0.4) is 0 Å². The van der Waals surface area contributed by atoms with Crippen LogP contribution in [0.4, 0.5) is 20.3 Å². The van der Waals surface area contributed by atoms with Gasteiger partial charge < -0.3 is 10.1 Å². The van der Waals surface area contributed by atoms with Crippen LogP contribution in [-0.4, -0.2) is 16.8 Å². The highest BCUT2D eigenvalue weighted by molar-refractivity contribution is 5.56. The molecule has 0 bridgehead atoms.